The number of likely N-dealkylation sites (N-methyl/N-ethyl adjacent to an activating group) is 1. The molecule has 5 heteroatoms. The fourth-order valence-corrected chi connectivity index (χ4v) is 2.76. The van der Waals surface area contributed by atoms with E-state index in [1.807, 2.05) is 12.1 Å². The van der Waals surface area contributed by atoms with Crippen LogP contribution in [0.2, 0.25) is 5.02 Å². The fraction of sp³-hybridized carbons (Fsp3) is 0.235. The summed E-state index contributed by atoms with van der Waals surface area (Å²) >= 11 is 6.00. The van der Waals surface area contributed by atoms with E-state index < -0.39 is 0 Å². The average molecular weight is 320 g/mol. The van der Waals surface area contributed by atoms with Gasteiger partial charge in [-0.1, -0.05) is 23.7 Å². The monoisotopic (exact) mass is 319 g/mol. The molecule has 2 aromatic rings. The minimum Gasteiger partial charge on any atom is -0.489 e. The summed E-state index contributed by atoms with van der Waals surface area (Å²) in [7, 11) is 1.79. The van der Waals surface area contributed by atoms with Gasteiger partial charge in [-0.25, -0.2) is 4.39 Å². The van der Waals surface area contributed by atoms with E-state index >= 15 is 0 Å². The third kappa shape index (κ3) is 2.79. The molecule has 0 unspecified atom stereocenters. The number of carbonyl (C=O) groups is 1. The van der Waals surface area contributed by atoms with Crippen molar-refractivity contribution >= 4 is 17.5 Å². The molecule has 0 aromatic heterocycles. The molecule has 0 atom stereocenters. The van der Waals surface area contributed by atoms with Crippen molar-refractivity contribution < 1.29 is 13.9 Å². The highest BCUT2D eigenvalue weighted by Crippen LogP contribution is 2.29. The molecular formula is C17H15ClFNO2. The van der Waals surface area contributed by atoms with E-state index in [-0.39, 0.29) is 18.3 Å². The predicted octanol–water partition coefficient (Wildman–Crippen LogP) is 3.69. The third-order valence-corrected chi connectivity index (χ3v) is 4.16. The van der Waals surface area contributed by atoms with Crippen molar-refractivity contribution in [1.82, 2.24) is 4.90 Å². The van der Waals surface area contributed by atoms with Crippen LogP contribution in [0.3, 0.4) is 0 Å². The number of hydrogen-bond donors (Lipinski definition) is 0. The van der Waals surface area contributed by atoms with Gasteiger partial charge in [0.1, 0.15) is 18.2 Å². The Morgan fingerprint density at radius 2 is 2.14 bits per heavy atom. The highest BCUT2D eigenvalue weighted by atomic mass is 35.5. The van der Waals surface area contributed by atoms with Gasteiger partial charge in [0.15, 0.2) is 0 Å². The van der Waals surface area contributed by atoms with Crippen molar-refractivity contribution in [2.75, 3.05) is 13.6 Å². The van der Waals surface area contributed by atoms with Crippen LogP contribution in [0.1, 0.15) is 21.5 Å². The maximum absolute atomic E-state index is 13.0. The quantitative estimate of drug-likeness (QED) is 0.863. The number of rotatable bonds is 3. The molecule has 0 fully saturated rings. The first-order valence-electron chi connectivity index (χ1n) is 7.00. The van der Waals surface area contributed by atoms with E-state index in [2.05, 4.69) is 0 Å². The first-order chi connectivity index (χ1) is 10.6. The maximum Gasteiger partial charge on any atom is 0.254 e. The van der Waals surface area contributed by atoms with Crippen molar-refractivity contribution in [1.29, 1.82) is 0 Å². The van der Waals surface area contributed by atoms with E-state index in [0.717, 1.165) is 12.0 Å². The van der Waals surface area contributed by atoms with E-state index in [0.29, 0.717) is 28.4 Å². The number of nitrogens with zero attached hydrogens (tertiary/aromatic N) is 1. The number of benzene rings is 2. The van der Waals surface area contributed by atoms with Crippen LogP contribution >= 0.6 is 11.6 Å². The van der Waals surface area contributed by atoms with Gasteiger partial charge in [0.2, 0.25) is 0 Å². The number of carbonyl (C=O) groups excluding carboxylic acids is 1. The van der Waals surface area contributed by atoms with Gasteiger partial charge in [-0.05, 0) is 30.7 Å². The van der Waals surface area contributed by atoms with E-state index in [1.54, 1.807) is 24.1 Å². The van der Waals surface area contributed by atoms with Crippen LogP contribution in [0.25, 0.3) is 0 Å². The Morgan fingerprint density at radius 3 is 2.91 bits per heavy atom. The van der Waals surface area contributed by atoms with Crippen molar-refractivity contribution in [2.24, 2.45) is 0 Å². The zero-order valence-corrected chi connectivity index (χ0v) is 12.9. The van der Waals surface area contributed by atoms with Crippen LogP contribution in [0.4, 0.5) is 4.39 Å². The average Bonchev–Trinajstić information content (AvgIpc) is 2.50. The smallest absolute Gasteiger partial charge is 0.254 e. The molecule has 0 spiro atoms. The Kier molecular flexibility index (Phi) is 4.03. The Labute approximate surface area is 133 Å². The van der Waals surface area contributed by atoms with Crippen molar-refractivity contribution in [3.8, 4) is 5.75 Å². The minimum atomic E-state index is -0.375. The Hall–Kier alpha value is -2.07. The summed E-state index contributed by atoms with van der Waals surface area (Å²) in [5, 5.41) is 0.334. The fourth-order valence-electron chi connectivity index (χ4n) is 2.54. The highest BCUT2D eigenvalue weighted by molar-refractivity contribution is 6.31. The van der Waals surface area contributed by atoms with E-state index in [1.165, 1.54) is 12.1 Å². The number of ether oxygens (including phenoxy) is 1. The predicted molar refractivity (Wildman–Crippen MR) is 82.8 cm³/mol. The van der Waals surface area contributed by atoms with Gasteiger partial charge < -0.3 is 9.64 Å². The lowest BCUT2D eigenvalue weighted by atomic mass is 9.98. The summed E-state index contributed by atoms with van der Waals surface area (Å²) in [5.74, 6) is 0.310. The molecule has 22 heavy (non-hydrogen) atoms. The summed E-state index contributed by atoms with van der Waals surface area (Å²) < 4.78 is 18.9. The lowest BCUT2D eigenvalue weighted by Crippen LogP contribution is -2.34. The normalized spacial score (nSPS) is 14.0. The van der Waals surface area contributed by atoms with Crippen LogP contribution in [0.5, 0.6) is 5.75 Å². The molecule has 3 nitrogen and oxygen atoms in total. The lowest BCUT2D eigenvalue weighted by Gasteiger charge is -2.26. The number of amides is 1. The molecule has 3 rings (SSSR count). The first kappa shape index (κ1) is 14.9. The topological polar surface area (TPSA) is 29.5 Å². The summed E-state index contributed by atoms with van der Waals surface area (Å²) in [5.41, 5.74) is 2.31. The second-order valence-corrected chi connectivity index (χ2v) is 5.69. The maximum atomic E-state index is 13.0. The van der Waals surface area contributed by atoms with Gasteiger partial charge in [0.05, 0.1) is 5.02 Å². The van der Waals surface area contributed by atoms with Crippen LogP contribution in [0, 0.1) is 5.82 Å². The Balaban J connectivity index is 1.83. The molecule has 1 aliphatic heterocycles. The second-order valence-electron chi connectivity index (χ2n) is 5.28. The molecule has 0 saturated carbocycles. The van der Waals surface area contributed by atoms with Crippen LogP contribution in [-0.2, 0) is 13.0 Å². The zero-order valence-electron chi connectivity index (χ0n) is 12.1. The number of hydrogen-bond acceptors (Lipinski definition) is 2. The van der Waals surface area contributed by atoms with Crippen molar-refractivity contribution in [3.63, 3.8) is 0 Å². The summed E-state index contributed by atoms with van der Waals surface area (Å²) in [4.78, 5) is 13.8. The molecule has 0 N–H and O–H groups in total. The molecule has 0 saturated heterocycles. The Morgan fingerprint density at radius 1 is 1.32 bits per heavy atom. The van der Waals surface area contributed by atoms with Crippen LogP contribution in [-0.4, -0.2) is 24.4 Å². The van der Waals surface area contributed by atoms with Gasteiger partial charge in [0, 0.05) is 30.3 Å². The standard InChI is InChI=1S/C17H15ClFNO2/c1-20-8-7-13-14(17(20)21)3-2-4-16(13)22-10-11-5-6-12(19)9-15(11)18/h2-6,9H,7-8,10H2,1H3. The van der Waals surface area contributed by atoms with Crippen LogP contribution < -0.4 is 4.74 Å². The van der Waals surface area contributed by atoms with Crippen molar-refractivity contribution in [3.05, 3.63) is 63.9 Å². The zero-order chi connectivity index (χ0) is 15.7. The summed E-state index contributed by atoms with van der Waals surface area (Å²) in [6, 6.07) is 9.67. The third-order valence-electron chi connectivity index (χ3n) is 3.81. The summed E-state index contributed by atoms with van der Waals surface area (Å²) in [6.45, 7) is 0.906. The highest BCUT2D eigenvalue weighted by Gasteiger charge is 2.24. The van der Waals surface area contributed by atoms with Gasteiger partial charge in [0.25, 0.3) is 5.91 Å². The molecule has 2 aromatic carbocycles. The van der Waals surface area contributed by atoms with Gasteiger partial charge >= 0.3 is 0 Å². The van der Waals surface area contributed by atoms with Crippen LogP contribution in [0.15, 0.2) is 36.4 Å². The number of halogens is 2. The molecule has 1 heterocycles. The summed E-state index contributed by atoms with van der Waals surface area (Å²) in [6.07, 6.45) is 0.755. The Bertz CT molecular complexity index is 733. The van der Waals surface area contributed by atoms with Gasteiger partial charge in [-0.15, -0.1) is 0 Å². The molecule has 1 amide bonds. The number of fused-ring (bicyclic) bond motifs is 1. The first-order valence-corrected chi connectivity index (χ1v) is 7.38. The molecular weight excluding hydrogens is 305 g/mol. The van der Waals surface area contributed by atoms with Gasteiger partial charge in [-0.2, -0.15) is 0 Å². The minimum absolute atomic E-state index is 0.00603. The molecule has 0 radical (unpaired) electrons. The molecule has 0 bridgehead atoms. The van der Waals surface area contributed by atoms with Gasteiger partial charge in [-0.3, -0.25) is 4.79 Å². The molecule has 114 valence electrons. The lowest BCUT2D eigenvalue weighted by molar-refractivity contribution is 0.0779. The van der Waals surface area contributed by atoms with E-state index in [4.69, 9.17) is 16.3 Å². The SMILES string of the molecule is CN1CCc2c(OCc3ccc(F)cc3Cl)cccc2C1=O. The molecule has 0 aliphatic carbocycles. The van der Waals surface area contributed by atoms with E-state index in [9.17, 15) is 9.18 Å². The van der Waals surface area contributed by atoms with Crippen molar-refractivity contribution in [2.45, 2.75) is 13.0 Å². The molecule has 1 aliphatic rings. The largest absolute Gasteiger partial charge is 0.489 e. The second kappa shape index (κ2) is 5.97.